The highest BCUT2D eigenvalue weighted by Crippen LogP contribution is 2.55. The average molecular weight is 497 g/mol. The number of fused-ring (bicyclic) bond motifs is 2. The molecule has 0 N–H and O–H groups in total. The molecule has 2 aromatic carbocycles. The third-order valence-electron chi connectivity index (χ3n) is 6.69. The third kappa shape index (κ3) is 4.33. The predicted octanol–water partition coefficient (Wildman–Crippen LogP) is 8.73. The number of thioether (sulfide) groups is 2. The van der Waals surface area contributed by atoms with Crippen LogP contribution in [0.15, 0.2) is 46.2 Å². The van der Waals surface area contributed by atoms with Crippen LogP contribution >= 0.6 is 34.9 Å². The summed E-state index contributed by atoms with van der Waals surface area (Å²) in [6.45, 7) is 9.40. The van der Waals surface area contributed by atoms with Crippen LogP contribution in [-0.4, -0.2) is 23.7 Å². The number of methoxy groups -OCH3 is 2. The van der Waals surface area contributed by atoms with Gasteiger partial charge in [0.2, 0.25) is 0 Å². The zero-order chi connectivity index (χ0) is 23.4. The molecule has 0 saturated carbocycles. The molecule has 3 heterocycles. The molecule has 2 aliphatic heterocycles. The molecular weight excluding hydrogens is 465 g/mol. The summed E-state index contributed by atoms with van der Waals surface area (Å²) in [5.41, 5.74) is 5.38. The van der Waals surface area contributed by atoms with Crippen LogP contribution in [0.2, 0.25) is 0 Å². The van der Waals surface area contributed by atoms with E-state index in [2.05, 4.69) is 64.1 Å². The van der Waals surface area contributed by atoms with E-state index in [0.29, 0.717) is 0 Å². The topological polar surface area (TPSA) is 18.5 Å². The smallest absolute Gasteiger partial charge is 0.128 e. The van der Waals surface area contributed by atoms with Gasteiger partial charge in [0.1, 0.15) is 11.5 Å². The predicted molar refractivity (Wildman–Crippen MR) is 145 cm³/mol. The van der Waals surface area contributed by atoms with Gasteiger partial charge >= 0.3 is 0 Å². The van der Waals surface area contributed by atoms with Gasteiger partial charge in [0.15, 0.2) is 0 Å². The van der Waals surface area contributed by atoms with Crippen molar-refractivity contribution in [1.82, 2.24) is 0 Å². The zero-order valence-corrected chi connectivity index (χ0v) is 22.8. The maximum absolute atomic E-state index is 5.88. The second kappa shape index (κ2) is 8.58. The summed E-state index contributed by atoms with van der Waals surface area (Å²) in [5.74, 6) is 1.93. The second-order valence-electron chi connectivity index (χ2n) is 10.1. The lowest BCUT2D eigenvalue weighted by Crippen LogP contribution is -2.20. The molecule has 3 aromatic rings. The Bertz CT molecular complexity index is 1110. The molecule has 0 aliphatic carbocycles. The van der Waals surface area contributed by atoms with Crippen LogP contribution < -0.4 is 9.47 Å². The molecule has 33 heavy (non-hydrogen) atoms. The Morgan fingerprint density at radius 1 is 0.636 bits per heavy atom. The van der Waals surface area contributed by atoms with Gasteiger partial charge in [-0.15, -0.1) is 34.9 Å². The van der Waals surface area contributed by atoms with Crippen molar-refractivity contribution >= 4 is 34.9 Å². The first-order chi connectivity index (χ1) is 15.7. The van der Waals surface area contributed by atoms with E-state index >= 15 is 0 Å². The molecule has 0 spiro atoms. The number of benzene rings is 2. The molecule has 0 radical (unpaired) electrons. The summed E-state index contributed by atoms with van der Waals surface area (Å²) in [6.07, 6.45) is 4.64. The van der Waals surface area contributed by atoms with E-state index in [9.17, 15) is 0 Å². The Labute approximate surface area is 210 Å². The van der Waals surface area contributed by atoms with Crippen molar-refractivity contribution in [3.05, 3.63) is 47.5 Å². The Morgan fingerprint density at radius 3 is 1.45 bits per heavy atom. The summed E-state index contributed by atoms with van der Waals surface area (Å²) in [4.78, 5) is 5.31. The molecule has 5 rings (SSSR count). The Balaban J connectivity index is 1.66. The third-order valence-corrected chi connectivity index (χ3v) is 10.7. The van der Waals surface area contributed by atoms with Crippen molar-refractivity contribution in [3.8, 4) is 32.4 Å². The van der Waals surface area contributed by atoms with Crippen molar-refractivity contribution in [2.75, 3.05) is 14.2 Å². The summed E-state index contributed by atoms with van der Waals surface area (Å²) in [6, 6.07) is 13.4. The molecule has 2 nitrogen and oxygen atoms in total. The largest absolute Gasteiger partial charge is 0.496 e. The number of hydrogen-bond acceptors (Lipinski definition) is 5. The highest BCUT2D eigenvalue weighted by molar-refractivity contribution is 8.01. The second-order valence-corrected chi connectivity index (χ2v) is 14.7. The number of ether oxygens (including phenoxy) is 2. The van der Waals surface area contributed by atoms with Crippen LogP contribution in [0.25, 0.3) is 20.9 Å². The van der Waals surface area contributed by atoms with Crippen LogP contribution in [-0.2, 0) is 12.8 Å². The van der Waals surface area contributed by atoms with Gasteiger partial charge < -0.3 is 9.47 Å². The lowest BCUT2D eigenvalue weighted by atomic mass is 9.98. The molecule has 5 heteroatoms. The molecule has 0 unspecified atom stereocenters. The van der Waals surface area contributed by atoms with E-state index in [-0.39, 0.29) is 9.49 Å². The fraction of sp³-hybridized carbons (Fsp3) is 0.429. The van der Waals surface area contributed by atoms with Gasteiger partial charge in [0.05, 0.1) is 14.2 Å². The van der Waals surface area contributed by atoms with E-state index in [1.807, 2.05) is 34.9 Å². The number of rotatable bonds is 4. The van der Waals surface area contributed by atoms with E-state index in [1.165, 1.54) is 54.6 Å². The van der Waals surface area contributed by atoms with Gasteiger partial charge in [-0.2, -0.15) is 0 Å². The van der Waals surface area contributed by atoms with E-state index in [4.69, 9.17) is 9.47 Å². The summed E-state index contributed by atoms with van der Waals surface area (Å²) in [7, 11) is 3.57. The minimum atomic E-state index is 0.234. The molecule has 0 amide bonds. The Hall–Kier alpha value is -1.56. The highest BCUT2D eigenvalue weighted by Gasteiger charge is 2.32. The van der Waals surface area contributed by atoms with Gasteiger partial charge in [-0.3, -0.25) is 0 Å². The van der Waals surface area contributed by atoms with Crippen LogP contribution in [0.1, 0.15) is 51.7 Å². The lowest BCUT2D eigenvalue weighted by molar-refractivity contribution is 0.415. The molecule has 0 bridgehead atoms. The quantitative estimate of drug-likeness (QED) is 0.359. The Morgan fingerprint density at radius 2 is 1.06 bits per heavy atom. The minimum absolute atomic E-state index is 0.234. The first-order valence-corrected chi connectivity index (χ1v) is 14.0. The van der Waals surface area contributed by atoms with E-state index in [0.717, 1.165) is 24.3 Å². The van der Waals surface area contributed by atoms with Crippen LogP contribution in [0, 0.1) is 0 Å². The van der Waals surface area contributed by atoms with Gasteiger partial charge in [-0.25, -0.2) is 0 Å². The number of thiophene rings is 1. The van der Waals surface area contributed by atoms with Gasteiger partial charge in [-0.05, 0) is 61.1 Å². The molecule has 2 aliphatic rings. The number of hydrogen-bond donors (Lipinski definition) is 0. The van der Waals surface area contributed by atoms with Crippen molar-refractivity contribution in [2.45, 2.75) is 72.7 Å². The van der Waals surface area contributed by atoms with Crippen molar-refractivity contribution in [2.24, 2.45) is 0 Å². The molecule has 0 saturated heterocycles. The molecule has 0 atom stereocenters. The van der Waals surface area contributed by atoms with E-state index in [1.54, 1.807) is 14.2 Å². The minimum Gasteiger partial charge on any atom is -0.496 e. The number of aryl methyl sites for hydroxylation is 2. The maximum atomic E-state index is 5.88. The fourth-order valence-corrected chi connectivity index (χ4v) is 8.77. The van der Waals surface area contributed by atoms with Crippen molar-refractivity contribution in [3.63, 3.8) is 0 Å². The van der Waals surface area contributed by atoms with Crippen LogP contribution in [0.5, 0.6) is 11.5 Å². The summed E-state index contributed by atoms with van der Waals surface area (Å²) >= 11 is 5.85. The van der Waals surface area contributed by atoms with Crippen molar-refractivity contribution < 1.29 is 9.47 Å². The van der Waals surface area contributed by atoms with Gasteiger partial charge in [0.25, 0.3) is 0 Å². The van der Waals surface area contributed by atoms with E-state index < -0.39 is 0 Å². The standard InChI is InChI=1S/C28H32O2S3/c1-27(2)15-13-17-7-9-19(29-5)23(25(17)32-27)21-11-12-22(31-21)24-20(30-6)10-8-18-14-16-28(3,4)33-26(18)24/h7-12H,13-16H2,1-6H3. The average Bonchev–Trinajstić information content (AvgIpc) is 3.25. The fourth-order valence-electron chi connectivity index (χ4n) is 4.78. The van der Waals surface area contributed by atoms with Gasteiger partial charge in [0, 0.05) is 40.2 Å². The van der Waals surface area contributed by atoms with Crippen LogP contribution in [0.4, 0.5) is 0 Å². The summed E-state index contributed by atoms with van der Waals surface area (Å²) in [5, 5.41) is 0. The normalized spacial score (nSPS) is 18.4. The van der Waals surface area contributed by atoms with Crippen molar-refractivity contribution in [1.29, 1.82) is 0 Å². The highest BCUT2D eigenvalue weighted by atomic mass is 32.2. The SMILES string of the molecule is COc1ccc2c(c1-c1ccc(-c3c(OC)ccc4c3SC(C)(C)CC4)s1)SC(C)(C)CC2. The van der Waals surface area contributed by atoms with Gasteiger partial charge in [-0.1, -0.05) is 39.8 Å². The maximum Gasteiger partial charge on any atom is 0.128 e. The Kier molecular flexibility index (Phi) is 6.03. The van der Waals surface area contributed by atoms with Crippen LogP contribution in [0.3, 0.4) is 0 Å². The summed E-state index contributed by atoms with van der Waals surface area (Å²) < 4.78 is 12.2. The molecule has 0 fully saturated rings. The monoisotopic (exact) mass is 496 g/mol. The first kappa shape index (κ1) is 23.2. The lowest BCUT2D eigenvalue weighted by Gasteiger charge is -2.32. The molecule has 174 valence electrons. The molecule has 1 aromatic heterocycles. The zero-order valence-electron chi connectivity index (χ0n) is 20.3. The first-order valence-electron chi connectivity index (χ1n) is 11.6. The molecular formula is C28H32O2S3.